The largest absolute Gasteiger partial charge is 0.416 e. The summed E-state index contributed by atoms with van der Waals surface area (Å²) >= 11 is 0. The summed E-state index contributed by atoms with van der Waals surface area (Å²) < 4.78 is 38.3. The zero-order valence-electron chi connectivity index (χ0n) is 11.3. The van der Waals surface area contributed by atoms with Crippen molar-refractivity contribution in [3.8, 4) is 0 Å². The van der Waals surface area contributed by atoms with E-state index in [2.05, 4.69) is 22.7 Å². The van der Waals surface area contributed by atoms with E-state index in [-0.39, 0.29) is 17.1 Å². The van der Waals surface area contributed by atoms with Gasteiger partial charge >= 0.3 is 6.18 Å². The molecule has 1 heterocycles. The van der Waals surface area contributed by atoms with Gasteiger partial charge < -0.3 is 10.7 Å². The Balaban J connectivity index is 2.14. The van der Waals surface area contributed by atoms with E-state index in [1.54, 1.807) is 0 Å². The molecule has 1 aliphatic carbocycles. The van der Waals surface area contributed by atoms with Crippen LogP contribution in [0.15, 0.2) is 12.1 Å². The van der Waals surface area contributed by atoms with E-state index in [4.69, 9.17) is 5.84 Å². The Morgan fingerprint density at radius 1 is 1.25 bits per heavy atom. The molecule has 7 heteroatoms. The minimum Gasteiger partial charge on any atom is -0.369 e. The number of rotatable bonds is 4. The number of hydrogen-bond acceptors (Lipinski definition) is 4. The van der Waals surface area contributed by atoms with Gasteiger partial charge in [-0.15, -0.1) is 0 Å². The monoisotopic (exact) mass is 288 g/mol. The van der Waals surface area contributed by atoms with Crippen molar-refractivity contribution in [1.29, 1.82) is 0 Å². The van der Waals surface area contributed by atoms with Gasteiger partial charge in [-0.3, -0.25) is 0 Å². The third kappa shape index (κ3) is 3.53. The highest BCUT2D eigenvalue weighted by molar-refractivity contribution is 5.49. The van der Waals surface area contributed by atoms with Gasteiger partial charge in [-0.1, -0.05) is 19.8 Å². The van der Waals surface area contributed by atoms with Crippen LogP contribution < -0.4 is 16.6 Å². The van der Waals surface area contributed by atoms with Crippen LogP contribution >= 0.6 is 0 Å². The lowest BCUT2D eigenvalue weighted by atomic mass is 9.89. The SMILES string of the molecule is CC1(CNc2cc(C(F)(F)F)cc(NN)n2)CCCC1. The van der Waals surface area contributed by atoms with Crippen LogP contribution in [0.2, 0.25) is 0 Å². The van der Waals surface area contributed by atoms with Gasteiger partial charge in [-0.25, -0.2) is 10.8 Å². The van der Waals surface area contributed by atoms with E-state index in [0.717, 1.165) is 25.0 Å². The van der Waals surface area contributed by atoms with Crippen LogP contribution in [0.1, 0.15) is 38.2 Å². The van der Waals surface area contributed by atoms with Crippen LogP contribution in [0, 0.1) is 5.41 Å². The van der Waals surface area contributed by atoms with Crippen LogP contribution in [0.4, 0.5) is 24.8 Å². The summed E-state index contributed by atoms with van der Waals surface area (Å²) in [6.45, 7) is 2.76. The van der Waals surface area contributed by atoms with Gasteiger partial charge in [0.2, 0.25) is 0 Å². The highest BCUT2D eigenvalue weighted by Crippen LogP contribution is 2.38. The number of nitrogens with two attached hydrogens (primary N) is 1. The summed E-state index contributed by atoms with van der Waals surface area (Å²) in [5.41, 5.74) is 1.53. The van der Waals surface area contributed by atoms with Crippen LogP contribution in [0.25, 0.3) is 0 Å². The maximum atomic E-state index is 12.8. The lowest BCUT2D eigenvalue weighted by molar-refractivity contribution is -0.137. The average Bonchev–Trinajstić information content (AvgIpc) is 2.82. The van der Waals surface area contributed by atoms with Crippen molar-refractivity contribution >= 4 is 11.6 Å². The van der Waals surface area contributed by atoms with Crippen LogP contribution in [0.3, 0.4) is 0 Å². The van der Waals surface area contributed by atoms with Gasteiger partial charge in [0, 0.05) is 6.54 Å². The molecular formula is C13H19F3N4. The van der Waals surface area contributed by atoms with Crippen molar-refractivity contribution in [2.45, 2.75) is 38.8 Å². The first-order valence-electron chi connectivity index (χ1n) is 6.62. The predicted octanol–water partition coefficient (Wildman–Crippen LogP) is 3.38. The van der Waals surface area contributed by atoms with Crippen LogP contribution in [-0.2, 0) is 6.18 Å². The zero-order valence-corrected chi connectivity index (χ0v) is 11.3. The molecule has 0 radical (unpaired) electrons. The number of nitrogens with zero attached hydrogens (tertiary/aromatic N) is 1. The van der Waals surface area contributed by atoms with E-state index in [1.165, 1.54) is 12.8 Å². The third-order valence-corrected chi connectivity index (χ3v) is 3.81. The fourth-order valence-electron chi connectivity index (χ4n) is 2.57. The molecule has 2 rings (SSSR count). The Morgan fingerprint density at radius 2 is 1.85 bits per heavy atom. The number of pyridine rings is 1. The second kappa shape index (κ2) is 5.47. The molecule has 1 fully saturated rings. The zero-order chi connectivity index (χ0) is 14.8. The summed E-state index contributed by atoms with van der Waals surface area (Å²) in [5, 5.41) is 3.01. The molecule has 0 atom stereocenters. The van der Waals surface area contributed by atoms with Crippen LogP contribution in [-0.4, -0.2) is 11.5 Å². The van der Waals surface area contributed by atoms with Crippen molar-refractivity contribution in [1.82, 2.24) is 4.98 Å². The smallest absolute Gasteiger partial charge is 0.369 e. The molecule has 0 amide bonds. The highest BCUT2D eigenvalue weighted by atomic mass is 19.4. The Hall–Kier alpha value is -1.50. The standard InChI is InChI=1S/C13H19F3N4/c1-12(4-2-3-5-12)8-18-10-6-9(13(14,15)16)7-11(19-10)20-17/h6-7H,2-5,8,17H2,1H3,(H2,18,19,20). The molecule has 112 valence electrons. The van der Waals surface area contributed by atoms with Crippen LogP contribution in [0.5, 0.6) is 0 Å². The Labute approximate surface area is 115 Å². The van der Waals surface area contributed by atoms with E-state index in [1.807, 2.05) is 0 Å². The minimum absolute atomic E-state index is 0.00102. The van der Waals surface area contributed by atoms with Crippen molar-refractivity contribution in [3.63, 3.8) is 0 Å². The Morgan fingerprint density at radius 3 is 2.40 bits per heavy atom. The molecule has 1 aliphatic rings. The number of hydrogen-bond donors (Lipinski definition) is 3. The van der Waals surface area contributed by atoms with Gasteiger partial charge in [0.25, 0.3) is 0 Å². The van der Waals surface area contributed by atoms with E-state index >= 15 is 0 Å². The Kier molecular flexibility index (Phi) is 4.08. The molecule has 4 nitrogen and oxygen atoms in total. The molecule has 1 aromatic heterocycles. The molecule has 0 spiro atoms. The summed E-state index contributed by atoms with van der Waals surface area (Å²) in [6, 6.07) is 1.90. The molecule has 0 unspecified atom stereocenters. The van der Waals surface area contributed by atoms with Gasteiger partial charge in [0.1, 0.15) is 11.6 Å². The van der Waals surface area contributed by atoms with E-state index in [0.29, 0.717) is 6.54 Å². The lowest BCUT2D eigenvalue weighted by Crippen LogP contribution is -2.24. The topological polar surface area (TPSA) is 63.0 Å². The number of halogens is 3. The summed E-state index contributed by atoms with van der Waals surface area (Å²) in [7, 11) is 0. The predicted molar refractivity (Wildman–Crippen MR) is 72.1 cm³/mol. The normalized spacial score (nSPS) is 18.1. The van der Waals surface area contributed by atoms with Crippen molar-refractivity contribution in [2.24, 2.45) is 11.3 Å². The fraction of sp³-hybridized carbons (Fsp3) is 0.615. The first-order valence-corrected chi connectivity index (χ1v) is 6.62. The second-order valence-electron chi connectivity index (χ2n) is 5.64. The highest BCUT2D eigenvalue weighted by Gasteiger charge is 2.32. The number of aromatic nitrogens is 1. The van der Waals surface area contributed by atoms with E-state index < -0.39 is 11.7 Å². The molecule has 1 saturated carbocycles. The maximum Gasteiger partial charge on any atom is 0.416 e. The van der Waals surface area contributed by atoms with E-state index in [9.17, 15) is 13.2 Å². The Bertz CT molecular complexity index is 467. The first-order chi connectivity index (χ1) is 9.32. The summed E-state index contributed by atoms with van der Waals surface area (Å²) in [4.78, 5) is 4.01. The van der Waals surface area contributed by atoms with Gasteiger partial charge in [0.15, 0.2) is 0 Å². The molecule has 4 N–H and O–H groups in total. The maximum absolute atomic E-state index is 12.8. The number of nitrogen functional groups attached to an aromatic ring is 1. The molecule has 0 bridgehead atoms. The quantitative estimate of drug-likeness (QED) is 0.587. The molecular weight excluding hydrogens is 269 g/mol. The van der Waals surface area contributed by atoms with Crippen molar-refractivity contribution < 1.29 is 13.2 Å². The minimum atomic E-state index is -4.41. The van der Waals surface area contributed by atoms with Gasteiger partial charge in [0.05, 0.1) is 5.56 Å². The number of alkyl halides is 3. The average molecular weight is 288 g/mol. The lowest BCUT2D eigenvalue weighted by Gasteiger charge is -2.24. The van der Waals surface area contributed by atoms with Gasteiger partial charge in [-0.05, 0) is 30.4 Å². The van der Waals surface area contributed by atoms with Gasteiger partial charge in [-0.2, -0.15) is 13.2 Å². The molecule has 20 heavy (non-hydrogen) atoms. The number of nitrogens with one attached hydrogen (secondary N) is 2. The molecule has 1 aromatic rings. The second-order valence-corrected chi connectivity index (χ2v) is 5.64. The molecule has 0 aromatic carbocycles. The van der Waals surface area contributed by atoms with Crippen molar-refractivity contribution in [3.05, 3.63) is 17.7 Å². The van der Waals surface area contributed by atoms with Crippen molar-refractivity contribution in [2.75, 3.05) is 17.3 Å². The summed E-state index contributed by atoms with van der Waals surface area (Å²) in [5.74, 6) is 5.36. The first kappa shape index (κ1) is 14.9. The summed E-state index contributed by atoms with van der Waals surface area (Å²) in [6.07, 6.45) is 0.0950. The number of anilines is 2. The fourth-order valence-corrected chi connectivity index (χ4v) is 2.57. The third-order valence-electron chi connectivity index (χ3n) is 3.81. The number of hydrazine groups is 1. The molecule has 0 aliphatic heterocycles. The molecule has 0 saturated heterocycles.